The molecule has 1 N–H and O–H groups in total. The highest BCUT2D eigenvalue weighted by Gasteiger charge is 2.17. The van der Waals surface area contributed by atoms with Gasteiger partial charge in [-0.3, -0.25) is 9.52 Å². The molecule has 0 spiro atoms. The van der Waals surface area contributed by atoms with Crippen LogP contribution in [0.25, 0.3) is 0 Å². The van der Waals surface area contributed by atoms with E-state index in [1.165, 1.54) is 11.7 Å². The number of unbranched alkanes of at least 4 members (excludes halogenated alkanes) is 1. The number of benzene rings is 1. The molecule has 0 saturated heterocycles. The van der Waals surface area contributed by atoms with Gasteiger partial charge in [-0.25, -0.2) is 4.79 Å². The molecule has 7 heteroatoms. The minimum Gasteiger partial charge on any atom is -0.854 e. The Morgan fingerprint density at radius 1 is 1.43 bits per heavy atom. The third-order valence-corrected chi connectivity index (χ3v) is 2.84. The van der Waals surface area contributed by atoms with Crippen molar-refractivity contribution in [3.8, 4) is 5.75 Å². The molecule has 0 unspecified atom stereocenters. The Labute approximate surface area is 121 Å². The van der Waals surface area contributed by atoms with E-state index in [9.17, 15) is 9.90 Å². The Bertz CT molecular complexity index is 670. The second-order valence-electron chi connectivity index (χ2n) is 4.50. The van der Waals surface area contributed by atoms with Crippen LogP contribution >= 0.6 is 0 Å². The number of nitrogens with zero attached hydrogens (tertiary/aromatic N) is 2. The third-order valence-electron chi connectivity index (χ3n) is 2.84. The fourth-order valence-electron chi connectivity index (χ4n) is 1.69. The molecule has 0 bridgehead atoms. The van der Waals surface area contributed by atoms with Crippen molar-refractivity contribution in [2.45, 2.75) is 19.8 Å². The number of aryl methyl sites for hydroxylation is 1. The van der Waals surface area contributed by atoms with E-state index in [0.717, 1.165) is 18.6 Å². The molecule has 2 rings (SSSR count). The van der Waals surface area contributed by atoms with Gasteiger partial charge in [0.15, 0.2) is 7.05 Å². The summed E-state index contributed by atoms with van der Waals surface area (Å²) in [7, 11) is 1.50. The predicted molar refractivity (Wildman–Crippen MR) is 73.5 cm³/mol. The van der Waals surface area contributed by atoms with Gasteiger partial charge in [0.2, 0.25) is 0 Å². The van der Waals surface area contributed by atoms with Gasteiger partial charge in [0.1, 0.15) is 5.75 Å². The number of ether oxygens (including phenoxy) is 1. The minimum atomic E-state index is -0.745. The highest BCUT2D eigenvalue weighted by atomic mass is 16.5. The molecule has 0 fully saturated rings. The molecule has 112 valence electrons. The molecular weight excluding hydrogens is 274 g/mol. The maximum atomic E-state index is 11.9. The molecule has 21 heavy (non-hydrogen) atoms. The number of rotatable bonds is 6. The molecule has 2 aromatic rings. The highest BCUT2D eigenvalue weighted by molar-refractivity contribution is 5.88. The minimum absolute atomic E-state index is 0.154. The number of nitrogens with one attached hydrogen (secondary N) is 1. The molecule has 0 radical (unpaired) electrons. The Hall–Kier alpha value is -2.57. The molecule has 0 aliphatic rings. The lowest BCUT2D eigenvalue weighted by Gasteiger charge is -2.06. The first-order chi connectivity index (χ1) is 10.1. The molecule has 0 aliphatic heterocycles. The topological polar surface area (TPSA) is 94.5 Å². The van der Waals surface area contributed by atoms with Gasteiger partial charge in [-0.05, 0) is 36.0 Å². The molecule has 7 nitrogen and oxygen atoms in total. The van der Waals surface area contributed by atoms with Crippen LogP contribution in [0.3, 0.4) is 0 Å². The maximum absolute atomic E-state index is 11.9. The van der Waals surface area contributed by atoms with Crippen LogP contribution in [-0.2, 0) is 7.05 Å². The number of hydrogen-bond donors (Lipinski definition) is 1. The SMILES string of the molecule is CCCCOc1ccc(N=C([O-])c2c(=O)o[nH][n+]2C)cc1. The summed E-state index contributed by atoms with van der Waals surface area (Å²) < 4.78 is 11.2. The Balaban J connectivity index is 2.12. The maximum Gasteiger partial charge on any atom is 0.435 e. The van der Waals surface area contributed by atoms with Gasteiger partial charge in [-0.15, -0.1) is 0 Å². The van der Waals surface area contributed by atoms with Gasteiger partial charge in [-0.2, -0.15) is 0 Å². The van der Waals surface area contributed by atoms with Crippen molar-refractivity contribution in [3.05, 3.63) is 40.4 Å². The summed E-state index contributed by atoms with van der Waals surface area (Å²) in [5.41, 5.74) is -0.451. The molecule has 0 saturated carbocycles. The average Bonchev–Trinajstić information content (AvgIpc) is 2.80. The first-order valence-corrected chi connectivity index (χ1v) is 6.68. The quantitative estimate of drug-likeness (QED) is 0.361. The van der Waals surface area contributed by atoms with Gasteiger partial charge in [0.05, 0.1) is 18.2 Å². The van der Waals surface area contributed by atoms with Crippen LogP contribution < -0.4 is 20.2 Å². The normalized spacial score (nSPS) is 11.6. The lowest BCUT2D eigenvalue weighted by molar-refractivity contribution is -0.742. The molecule has 0 atom stereocenters. The zero-order valence-corrected chi connectivity index (χ0v) is 12.0. The number of H-pyrrole nitrogens is 1. The first kappa shape index (κ1) is 14.8. The van der Waals surface area contributed by atoms with Gasteiger partial charge in [0, 0.05) is 0 Å². The predicted octanol–water partition coefficient (Wildman–Crippen LogP) is 0.410. The van der Waals surface area contributed by atoms with E-state index in [4.69, 9.17) is 4.74 Å². The van der Waals surface area contributed by atoms with Crippen molar-refractivity contribution in [1.29, 1.82) is 0 Å². The van der Waals surface area contributed by atoms with E-state index in [2.05, 4.69) is 21.7 Å². The van der Waals surface area contributed by atoms with E-state index in [-0.39, 0.29) is 5.69 Å². The molecule has 1 aromatic heterocycles. The zero-order chi connectivity index (χ0) is 15.2. The van der Waals surface area contributed by atoms with E-state index < -0.39 is 11.5 Å². The van der Waals surface area contributed by atoms with Gasteiger partial charge >= 0.3 is 11.3 Å². The molecule has 0 amide bonds. The summed E-state index contributed by atoms with van der Waals surface area (Å²) in [5.74, 6) is 0.0636. The fourth-order valence-corrected chi connectivity index (χ4v) is 1.69. The highest BCUT2D eigenvalue weighted by Crippen LogP contribution is 2.18. The summed E-state index contributed by atoms with van der Waals surface area (Å²) in [6, 6.07) is 6.80. The Morgan fingerprint density at radius 2 is 2.14 bits per heavy atom. The van der Waals surface area contributed by atoms with Crippen LogP contribution in [0.5, 0.6) is 5.75 Å². The van der Waals surface area contributed by atoms with Crippen molar-refractivity contribution in [1.82, 2.24) is 5.27 Å². The van der Waals surface area contributed by atoms with Crippen molar-refractivity contribution < 1.29 is 19.0 Å². The second kappa shape index (κ2) is 6.74. The van der Waals surface area contributed by atoms with Crippen LogP contribution in [0.4, 0.5) is 5.69 Å². The summed E-state index contributed by atoms with van der Waals surface area (Å²) in [5, 5.41) is 14.2. The Morgan fingerprint density at radius 3 is 2.71 bits per heavy atom. The zero-order valence-electron chi connectivity index (χ0n) is 12.0. The molecular formula is C14H17N3O4. The van der Waals surface area contributed by atoms with E-state index in [0.29, 0.717) is 12.3 Å². The van der Waals surface area contributed by atoms with Crippen molar-refractivity contribution in [3.63, 3.8) is 0 Å². The number of hydrogen-bond acceptors (Lipinski definition) is 5. The van der Waals surface area contributed by atoms with Gasteiger partial charge in [0.25, 0.3) is 0 Å². The van der Waals surface area contributed by atoms with Crippen molar-refractivity contribution in [2.75, 3.05) is 6.61 Å². The monoisotopic (exact) mass is 291 g/mol. The second-order valence-corrected chi connectivity index (χ2v) is 4.50. The fraction of sp³-hybridized carbons (Fsp3) is 0.357. The Kier molecular flexibility index (Phi) is 4.76. The smallest absolute Gasteiger partial charge is 0.435 e. The van der Waals surface area contributed by atoms with E-state index in [1.807, 2.05) is 0 Å². The summed E-state index contributed by atoms with van der Waals surface area (Å²) in [6.07, 6.45) is 2.06. The van der Waals surface area contributed by atoms with Crippen LogP contribution in [0.15, 0.2) is 38.6 Å². The summed E-state index contributed by atoms with van der Waals surface area (Å²) in [6.45, 7) is 2.75. The summed E-state index contributed by atoms with van der Waals surface area (Å²) in [4.78, 5) is 15.2. The van der Waals surface area contributed by atoms with Gasteiger partial charge in [-0.1, -0.05) is 18.0 Å². The largest absolute Gasteiger partial charge is 0.854 e. The van der Waals surface area contributed by atoms with Crippen LogP contribution in [0.1, 0.15) is 25.5 Å². The standard InChI is InChI=1S/C14H17N3O4/c1-3-4-9-20-11-7-5-10(6-8-11)15-13(18)12-14(19)21-16-17(12)2/h5-8H,3-4,9H2,1-2H3,(H-,15,16,18,19). The molecule has 1 heterocycles. The number of aromatic nitrogens is 2. The van der Waals surface area contributed by atoms with E-state index >= 15 is 0 Å². The summed E-state index contributed by atoms with van der Waals surface area (Å²) >= 11 is 0. The van der Waals surface area contributed by atoms with Crippen LogP contribution in [0, 0.1) is 0 Å². The third kappa shape index (κ3) is 3.71. The van der Waals surface area contributed by atoms with Crippen molar-refractivity contribution in [2.24, 2.45) is 12.0 Å². The van der Waals surface area contributed by atoms with Crippen LogP contribution in [-0.4, -0.2) is 17.8 Å². The first-order valence-electron chi connectivity index (χ1n) is 6.68. The number of aliphatic imine (C=N–C) groups is 1. The number of aromatic amines is 1. The lowest BCUT2D eigenvalue weighted by Crippen LogP contribution is -2.43. The molecule has 1 aromatic carbocycles. The molecule has 0 aliphatic carbocycles. The average molecular weight is 291 g/mol. The lowest BCUT2D eigenvalue weighted by atomic mass is 10.3. The van der Waals surface area contributed by atoms with Crippen LogP contribution in [0.2, 0.25) is 0 Å². The van der Waals surface area contributed by atoms with Gasteiger partial charge < -0.3 is 9.84 Å². The van der Waals surface area contributed by atoms with Crippen molar-refractivity contribution >= 4 is 11.6 Å². The van der Waals surface area contributed by atoms with E-state index in [1.54, 1.807) is 24.3 Å².